The van der Waals surface area contributed by atoms with Crippen LogP contribution in [0.5, 0.6) is 5.75 Å². The third kappa shape index (κ3) is 4.15. The molecule has 7 heteroatoms. The van der Waals surface area contributed by atoms with Crippen molar-refractivity contribution in [1.29, 1.82) is 0 Å². The maximum absolute atomic E-state index is 12.8. The molecule has 138 valence electrons. The highest BCUT2D eigenvalue weighted by Gasteiger charge is 2.35. The molecule has 1 saturated carbocycles. The van der Waals surface area contributed by atoms with Crippen LogP contribution in [0.1, 0.15) is 32.6 Å². The Hall–Kier alpha value is -1.60. The van der Waals surface area contributed by atoms with Crippen LogP contribution in [0.3, 0.4) is 0 Å². The summed E-state index contributed by atoms with van der Waals surface area (Å²) in [7, 11) is -2.05. The molecule has 25 heavy (non-hydrogen) atoms. The van der Waals surface area contributed by atoms with Crippen LogP contribution < -0.4 is 10.1 Å². The van der Waals surface area contributed by atoms with Crippen molar-refractivity contribution < 1.29 is 17.9 Å². The Bertz CT molecular complexity index is 713. The minimum Gasteiger partial charge on any atom is -0.497 e. The third-order valence-electron chi connectivity index (χ3n) is 5.15. The molecule has 1 amide bonds. The number of hydrogen-bond donors (Lipinski definition) is 1. The zero-order valence-corrected chi connectivity index (χ0v) is 15.6. The maximum atomic E-state index is 12.8. The van der Waals surface area contributed by atoms with Gasteiger partial charge in [-0.15, -0.1) is 0 Å². The van der Waals surface area contributed by atoms with Gasteiger partial charge in [0.2, 0.25) is 15.9 Å². The molecule has 3 rings (SSSR count). The standard InChI is InChI=1S/C18H26N2O4S/c1-13(14-5-6-14)19-18(21)15-4-3-11-20(12-15)25(22,23)17-9-7-16(24-2)8-10-17/h7-10,13-15H,3-6,11-12H2,1-2H3,(H,19,21). The predicted octanol–water partition coefficient (Wildman–Crippen LogP) is 2.01. The van der Waals surface area contributed by atoms with Crippen LogP contribution in [-0.2, 0) is 14.8 Å². The van der Waals surface area contributed by atoms with Crippen LogP contribution in [0.4, 0.5) is 0 Å². The van der Waals surface area contributed by atoms with Crippen molar-refractivity contribution in [2.24, 2.45) is 11.8 Å². The second-order valence-corrected chi connectivity index (χ2v) is 8.95. The second kappa shape index (κ2) is 7.33. The molecule has 6 nitrogen and oxygen atoms in total. The number of nitrogens with one attached hydrogen (secondary N) is 1. The molecular weight excluding hydrogens is 340 g/mol. The molecule has 1 heterocycles. The molecular formula is C18H26N2O4S. The quantitative estimate of drug-likeness (QED) is 0.836. The van der Waals surface area contributed by atoms with Crippen molar-refractivity contribution in [3.05, 3.63) is 24.3 Å². The van der Waals surface area contributed by atoms with Crippen molar-refractivity contribution in [2.45, 2.75) is 43.5 Å². The van der Waals surface area contributed by atoms with E-state index >= 15 is 0 Å². The van der Waals surface area contributed by atoms with Crippen LogP contribution in [0, 0.1) is 11.8 Å². The molecule has 2 unspecified atom stereocenters. The predicted molar refractivity (Wildman–Crippen MR) is 94.8 cm³/mol. The zero-order chi connectivity index (χ0) is 18.0. The number of methoxy groups -OCH3 is 1. The molecule has 2 fully saturated rings. The van der Waals surface area contributed by atoms with Gasteiger partial charge >= 0.3 is 0 Å². The molecule has 2 aliphatic rings. The first-order valence-corrected chi connectivity index (χ1v) is 10.3. The van der Waals surface area contributed by atoms with Gasteiger partial charge in [-0.1, -0.05) is 0 Å². The molecule has 0 spiro atoms. The van der Waals surface area contributed by atoms with Gasteiger partial charge in [-0.25, -0.2) is 8.42 Å². The van der Waals surface area contributed by atoms with Crippen LogP contribution >= 0.6 is 0 Å². The van der Waals surface area contributed by atoms with Crippen molar-refractivity contribution in [1.82, 2.24) is 9.62 Å². The first-order chi connectivity index (χ1) is 11.9. The van der Waals surface area contributed by atoms with Gasteiger partial charge in [0.25, 0.3) is 0 Å². The molecule has 0 aromatic heterocycles. The summed E-state index contributed by atoms with van der Waals surface area (Å²) >= 11 is 0. The third-order valence-corrected chi connectivity index (χ3v) is 7.03. The molecule has 1 aromatic carbocycles. The summed E-state index contributed by atoms with van der Waals surface area (Å²) in [5.41, 5.74) is 0. The van der Waals surface area contributed by atoms with E-state index in [4.69, 9.17) is 4.74 Å². The Labute approximate surface area is 149 Å². The van der Waals surface area contributed by atoms with Crippen molar-refractivity contribution in [3.63, 3.8) is 0 Å². The van der Waals surface area contributed by atoms with Gasteiger partial charge < -0.3 is 10.1 Å². The number of nitrogens with zero attached hydrogens (tertiary/aromatic N) is 1. The molecule has 0 bridgehead atoms. The number of benzene rings is 1. The number of piperidine rings is 1. The van der Waals surface area contributed by atoms with Gasteiger partial charge in [0, 0.05) is 19.1 Å². The first kappa shape index (κ1) is 18.2. The van der Waals surface area contributed by atoms with E-state index in [1.54, 1.807) is 31.4 Å². The lowest BCUT2D eigenvalue weighted by Gasteiger charge is -2.32. The minimum absolute atomic E-state index is 0.0194. The van der Waals surface area contributed by atoms with Crippen molar-refractivity contribution in [2.75, 3.05) is 20.2 Å². The highest BCUT2D eigenvalue weighted by Crippen LogP contribution is 2.33. The number of carbonyl (C=O) groups is 1. The van der Waals surface area contributed by atoms with Gasteiger partial charge in [0.15, 0.2) is 0 Å². The number of hydrogen-bond acceptors (Lipinski definition) is 4. The van der Waals surface area contributed by atoms with E-state index in [2.05, 4.69) is 5.32 Å². The molecule has 1 aliphatic carbocycles. The van der Waals surface area contributed by atoms with Gasteiger partial charge in [0.1, 0.15) is 5.75 Å². The van der Waals surface area contributed by atoms with E-state index in [1.165, 1.54) is 17.1 Å². The lowest BCUT2D eigenvalue weighted by molar-refractivity contribution is -0.126. The van der Waals surface area contributed by atoms with Gasteiger partial charge in [0.05, 0.1) is 17.9 Å². The van der Waals surface area contributed by atoms with Gasteiger partial charge in [-0.05, 0) is 62.8 Å². The zero-order valence-electron chi connectivity index (χ0n) is 14.8. The maximum Gasteiger partial charge on any atom is 0.243 e. The summed E-state index contributed by atoms with van der Waals surface area (Å²) in [5.74, 6) is 0.910. The Kier molecular flexibility index (Phi) is 5.34. The monoisotopic (exact) mass is 366 g/mol. The Balaban J connectivity index is 1.67. The molecule has 2 atom stereocenters. The van der Waals surface area contributed by atoms with Crippen LogP contribution in [-0.4, -0.2) is 44.9 Å². The Morgan fingerprint density at radius 3 is 2.52 bits per heavy atom. The van der Waals surface area contributed by atoms with Gasteiger partial charge in [-0.2, -0.15) is 4.31 Å². The number of rotatable bonds is 6. The smallest absolute Gasteiger partial charge is 0.243 e. The van der Waals surface area contributed by atoms with Crippen LogP contribution in [0.25, 0.3) is 0 Å². The second-order valence-electron chi connectivity index (χ2n) is 7.01. The number of amides is 1. The van der Waals surface area contributed by atoms with E-state index in [0.29, 0.717) is 24.6 Å². The van der Waals surface area contributed by atoms with Crippen LogP contribution in [0.2, 0.25) is 0 Å². The highest BCUT2D eigenvalue weighted by molar-refractivity contribution is 7.89. The summed E-state index contributed by atoms with van der Waals surface area (Å²) in [6.07, 6.45) is 3.78. The summed E-state index contributed by atoms with van der Waals surface area (Å²) in [5, 5.41) is 3.06. The molecule has 0 radical (unpaired) electrons. The van der Waals surface area contributed by atoms with E-state index in [-0.39, 0.29) is 29.3 Å². The molecule has 1 aromatic rings. The van der Waals surface area contributed by atoms with E-state index < -0.39 is 10.0 Å². The fourth-order valence-electron chi connectivity index (χ4n) is 3.33. The largest absolute Gasteiger partial charge is 0.497 e. The normalized spacial score (nSPS) is 23.0. The molecule has 1 saturated heterocycles. The Morgan fingerprint density at radius 1 is 1.24 bits per heavy atom. The fourth-order valence-corrected chi connectivity index (χ4v) is 4.85. The van der Waals surface area contributed by atoms with Crippen LogP contribution in [0.15, 0.2) is 29.2 Å². The fraction of sp³-hybridized carbons (Fsp3) is 0.611. The lowest BCUT2D eigenvalue weighted by Crippen LogP contribution is -2.47. The number of sulfonamides is 1. The van der Waals surface area contributed by atoms with E-state index in [9.17, 15) is 13.2 Å². The number of ether oxygens (including phenoxy) is 1. The Morgan fingerprint density at radius 2 is 1.92 bits per heavy atom. The van der Waals surface area contributed by atoms with Crippen molar-refractivity contribution in [3.8, 4) is 5.75 Å². The summed E-state index contributed by atoms with van der Waals surface area (Å²) < 4.78 is 32.2. The average molecular weight is 366 g/mol. The van der Waals surface area contributed by atoms with E-state index in [0.717, 1.165) is 6.42 Å². The topological polar surface area (TPSA) is 75.7 Å². The summed E-state index contributed by atoms with van der Waals surface area (Å²) in [4.78, 5) is 12.7. The SMILES string of the molecule is COc1ccc(S(=O)(=O)N2CCCC(C(=O)NC(C)C3CC3)C2)cc1. The average Bonchev–Trinajstić information content (AvgIpc) is 3.47. The van der Waals surface area contributed by atoms with Crippen molar-refractivity contribution >= 4 is 15.9 Å². The van der Waals surface area contributed by atoms with Gasteiger partial charge in [-0.3, -0.25) is 4.79 Å². The number of carbonyl (C=O) groups excluding carboxylic acids is 1. The molecule has 1 aliphatic heterocycles. The highest BCUT2D eigenvalue weighted by atomic mass is 32.2. The summed E-state index contributed by atoms with van der Waals surface area (Å²) in [6, 6.07) is 6.55. The lowest BCUT2D eigenvalue weighted by atomic mass is 9.98. The summed E-state index contributed by atoms with van der Waals surface area (Å²) in [6.45, 7) is 2.73. The van der Waals surface area contributed by atoms with E-state index in [1.807, 2.05) is 6.92 Å². The first-order valence-electron chi connectivity index (χ1n) is 8.86. The molecule has 1 N–H and O–H groups in total. The minimum atomic E-state index is -3.59.